The Morgan fingerprint density at radius 1 is 0.959 bits per heavy atom. The zero-order valence-corrected chi connectivity index (χ0v) is 43.9. The van der Waals surface area contributed by atoms with Gasteiger partial charge in [0.05, 0.1) is 40.4 Å². The molecule has 0 aliphatic carbocycles. The van der Waals surface area contributed by atoms with Crippen LogP contribution in [0.25, 0.3) is 16.7 Å². The molecule has 0 spiro atoms. The van der Waals surface area contributed by atoms with Crippen molar-refractivity contribution in [2.24, 2.45) is 4.99 Å². The molecule has 1 fully saturated rings. The first-order valence-corrected chi connectivity index (χ1v) is 29.8. The molecule has 4 aromatic rings. The van der Waals surface area contributed by atoms with Gasteiger partial charge in [0.2, 0.25) is 11.3 Å². The van der Waals surface area contributed by atoms with Gasteiger partial charge in [-0.3, -0.25) is 13.9 Å². The summed E-state index contributed by atoms with van der Waals surface area (Å²) < 4.78 is 98.7. The fourth-order valence-electron chi connectivity index (χ4n) is 9.50. The van der Waals surface area contributed by atoms with Crippen molar-refractivity contribution in [3.63, 3.8) is 0 Å². The van der Waals surface area contributed by atoms with E-state index in [0.717, 1.165) is 57.0 Å². The number of aliphatic hydroxyl groups is 2. The van der Waals surface area contributed by atoms with Crippen LogP contribution in [0.2, 0.25) is 0 Å². The molecule has 1 amide bonds. The van der Waals surface area contributed by atoms with Crippen LogP contribution in [-0.4, -0.2) is 137 Å². The molecule has 74 heavy (non-hydrogen) atoms. The van der Waals surface area contributed by atoms with Crippen molar-refractivity contribution in [2.45, 2.75) is 102 Å². The molecule has 6 heterocycles. The molecule has 404 valence electrons. The summed E-state index contributed by atoms with van der Waals surface area (Å²) in [5, 5.41) is 29.4. The van der Waals surface area contributed by atoms with Gasteiger partial charge in [0.1, 0.15) is 48.8 Å². The molecule has 2 aromatic carbocycles. The van der Waals surface area contributed by atoms with Gasteiger partial charge in [-0.05, 0) is 64.2 Å². The highest BCUT2D eigenvalue weighted by Gasteiger charge is 2.47. The van der Waals surface area contributed by atoms with Crippen molar-refractivity contribution < 1.29 is 83.9 Å². The molecule has 8 rings (SSSR count). The van der Waals surface area contributed by atoms with Crippen molar-refractivity contribution in [3.8, 4) is 11.5 Å². The number of unbranched alkanes of at least 4 members (excludes halogenated alkanes) is 3. The van der Waals surface area contributed by atoms with Crippen LogP contribution in [0.4, 0.5) is 17.2 Å². The summed E-state index contributed by atoms with van der Waals surface area (Å²) in [4.78, 5) is 69.4. The van der Waals surface area contributed by atoms with Crippen LogP contribution in [0.1, 0.15) is 83.1 Å². The van der Waals surface area contributed by atoms with Gasteiger partial charge in [-0.25, -0.2) is 46.6 Å². The van der Waals surface area contributed by atoms with Crippen molar-refractivity contribution in [3.05, 3.63) is 64.8 Å². The van der Waals surface area contributed by atoms with Crippen LogP contribution >= 0.6 is 23.5 Å². The number of nitrogens with zero attached hydrogens (tertiary/aromatic N) is 7. The Morgan fingerprint density at radius 2 is 1.72 bits per heavy atom. The van der Waals surface area contributed by atoms with Gasteiger partial charge < -0.3 is 59.3 Å². The van der Waals surface area contributed by atoms with Crippen LogP contribution < -0.4 is 35.6 Å². The summed E-state index contributed by atoms with van der Waals surface area (Å²) in [6, 6.07) is 7.73. The van der Waals surface area contributed by atoms with E-state index in [2.05, 4.69) is 61.2 Å². The second-order valence-corrected chi connectivity index (χ2v) is 24.5. The lowest BCUT2D eigenvalue weighted by Gasteiger charge is -2.44. The van der Waals surface area contributed by atoms with Crippen molar-refractivity contribution in [1.29, 1.82) is 0 Å². The molecular formula is C43H58N9O18P3S. The van der Waals surface area contributed by atoms with Gasteiger partial charge in [-0.2, -0.15) is 8.62 Å². The monoisotopic (exact) mass is 1110 g/mol. The maximum atomic E-state index is 13.0. The first-order chi connectivity index (χ1) is 34.8. The number of ether oxygens (including phenoxy) is 2. The number of phosphoric acid groups is 3. The van der Waals surface area contributed by atoms with E-state index in [1.165, 1.54) is 22.8 Å². The predicted octanol–water partition coefficient (Wildman–Crippen LogP) is 2.40. The smallest absolute Gasteiger partial charge is 0.490 e. The highest BCUT2D eigenvalue weighted by Crippen LogP contribution is 2.66. The second kappa shape index (κ2) is 22.2. The molecule has 2 unspecified atom stereocenters. The summed E-state index contributed by atoms with van der Waals surface area (Å²) in [6.07, 6.45) is 3.82. The third-order valence-electron chi connectivity index (χ3n) is 12.8. The van der Waals surface area contributed by atoms with E-state index in [1.807, 2.05) is 26.0 Å². The lowest BCUT2D eigenvalue weighted by atomic mass is 9.88. The normalized spacial score (nSPS) is 21.8. The summed E-state index contributed by atoms with van der Waals surface area (Å²) in [7, 11) is -21.6. The molecule has 4 aliphatic heterocycles. The average molecular weight is 1110 g/mol. The highest BCUT2D eigenvalue weighted by molar-refractivity contribution is 7.86. The summed E-state index contributed by atoms with van der Waals surface area (Å²) >= 11 is 0. The molecule has 31 heteroatoms. The van der Waals surface area contributed by atoms with Gasteiger partial charge in [0, 0.05) is 55.4 Å². The molecule has 27 nitrogen and oxygen atoms in total. The number of hydrogen-bond acceptors (Lipinski definition) is 20. The number of hydrogen-bond donors (Lipinski definition) is 8. The summed E-state index contributed by atoms with van der Waals surface area (Å²) in [6.45, 7) is 8.23. The Labute approximate surface area is 424 Å². The van der Waals surface area contributed by atoms with E-state index in [0.29, 0.717) is 71.2 Å². The van der Waals surface area contributed by atoms with Crippen LogP contribution in [0, 0.1) is 0 Å². The number of carbonyl (C=O) groups is 1. The number of aromatic nitrogens is 4. The molecule has 0 bridgehead atoms. The number of aryl methyl sites for hydroxylation is 1. The minimum absolute atomic E-state index is 0.111. The van der Waals surface area contributed by atoms with Gasteiger partial charge in [0.25, 0.3) is 0 Å². The SMILES string of the molecule is CC[N+]1=c2cc3c(cc2CCC1)=Nc1cc2c(cc1O3)N(CCCC(=O)NCCCCCCNc1ncnc3c1ncn3[C@@H]1O[C@H](COP(=O)(O)OP(=O)(O)OP(=O)(O)O)[C@@H](O)[C@H]1O)C(C)(C)C=C2CS(=O)(=O)[O-]. The Balaban J connectivity index is 0.791. The summed E-state index contributed by atoms with van der Waals surface area (Å²) in [5.74, 6) is 0.708. The second-order valence-electron chi connectivity index (χ2n) is 18.6. The number of benzene rings is 2. The number of imidazole rings is 1. The van der Waals surface area contributed by atoms with Crippen molar-refractivity contribution in [2.75, 3.05) is 55.3 Å². The van der Waals surface area contributed by atoms with Crippen LogP contribution in [0.3, 0.4) is 0 Å². The molecule has 6 atom stereocenters. The lowest BCUT2D eigenvalue weighted by Crippen LogP contribution is -2.46. The van der Waals surface area contributed by atoms with Crippen LogP contribution in [0.15, 0.2) is 48.0 Å². The number of carbonyl (C=O) groups excluding carboxylic acids is 1. The Morgan fingerprint density at radius 3 is 2.45 bits per heavy atom. The Bertz CT molecular complexity index is 3230. The fourth-order valence-corrected chi connectivity index (χ4v) is 13.1. The molecule has 2 aromatic heterocycles. The maximum absolute atomic E-state index is 13.0. The van der Waals surface area contributed by atoms with E-state index >= 15 is 0 Å². The number of nitrogens with one attached hydrogen (secondary N) is 2. The topological polar surface area (TPSA) is 379 Å². The number of anilines is 2. The third-order valence-corrected chi connectivity index (χ3v) is 17.2. The van der Waals surface area contributed by atoms with Crippen molar-refractivity contribution >= 4 is 73.4 Å². The zero-order chi connectivity index (χ0) is 53.4. The van der Waals surface area contributed by atoms with E-state index in [1.54, 1.807) is 12.1 Å². The summed E-state index contributed by atoms with van der Waals surface area (Å²) in [5.41, 5.74) is 3.14. The van der Waals surface area contributed by atoms with E-state index in [4.69, 9.17) is 24.3 Å². The molecule has 4 aliphatic rings. The zero-order valence-electron chi connectivity index (χ0n) is 40.4. The third kappa shape index (κ3) is 13.3. The van der Waals surface area contributed by atoms with Gasteiger partial charge in [-0.1, -0.05) is 18.9 Å². The fraction of sp³-hybridized carbons (Fsp3) is 0.535. The number of rotatable bonds is 23. The van der Waals surface area contributed by atoms with Gasteiger partial charge in [0.15, 0.2) is 34.7 Å². The Kier molecular flexibility index (Phi) is 16.7. The van der Waals surface area contributed by atoms with Crippen LogP contribution in [0.5, 0.6) is 11.5 Å². The average Bonchev–Trinajstić information content (AvgIpc) is 3.85. The first kappa shape index (κ1) is 55.6. The van der Waals surface area contributed by atoms with E-state index in [-0.39, 0.29) is 23.5 Å². The largest absolute Gasteiger partial charge is 0.748 e. The highest BCUT2D eigenvalue weighted by atomic mass is 32.2. The number of fused-ring (bicyclic) bond motifs is 5. The lowest BCUT2D eigenvalue weighted by molar-refractivity contribution is -0.121. The number of phosphoric ester groups is 1. The van der Waals surface area contributed by atoms with Crippen LogP contribution in [-0.2, 0) is 52.9 Å². The van der Waals surface area contributed by atoms with Gasteiger partial charge >= 0.3 is 23.5 Å². The molecule has 8 N–H and O–H groups in total. The minimum atomic E-state index is -5.78. The van der Waals surface area contributed by atoms with E-state index in [9.17, 15) is 51.5 Å². The standard InChI is InChI=1S/C43H58N9O18P3S/c1-4-50-15-9-11-26-17-29-33(19-31(26)50)67-34-20-32-28(18-30(34)49-29)27(23-74(63,64)65)21-43(2,3)52(32)16-10-12-36(53)44-13-7-5-6-8-14-45-40-37-41(47-24-46-40)51(25-48-37)42-39(55)38(54)35(68-42)22-66-72(59,60)70-73(61,62)69-71(56,57)58/h17-21,24-25,35,38-39,42,54-55H,4-16,22-23H2,1-3H3,(H6-,44,45,46,47,53,56,57,58,59,60,61,62,63,64,65)/t35-,38-,39-,42-/m1/s1. The van der Waals surface area contributed by atoms with Crippen molar-refractivity contribution in [1.82, 2.24) is 29.4 Å². The molecule has 0 saturated carbocycles. The molecular weight excluding hydrogens is 1060 g/mol. The predicted molar refractivity (Wildman–Crippen MR) is 263 cm³/mol. The molecule has 0 radical (unpaired) electrons. The number of amides is 1. The maximum Gasteiger partial charge on any atom is 0.490 e. The molecule has 1 saturated heterocycles. The first-order valence-electron chi connectivity index (χ1n) is 23.7. The van der Waals surface area contributed by atoms with Gasteiger partial charge in [-0.15, -0.1) is 0 Å². The minimum Gasteiger partial charge on any atom is -0.748 e. The van der Waals surface area contributed by atoms with E-state index < -0.39 is 76.0 Å². The quantitative estimate of drug-likeness (QED) is 0.0201. The number of aliphatic hydroxyl groups excluding tert-OH is 2. The Hall–Kier alpha value is -4.60.